The summed E-state index contributed by atoms with van der Waals surface area (Å²) in [4.78, 5) is 2.31. The van der Waals surface area contributed by atoms with E-state index >= 15 is 0 Å². The molecule has 0 aromatic rings. The summed E-state index contributed by atoms with van der Waals surface area (Å²) in [5, 5.41) is 0. The number of hydrogen-bond donors (Lipinski definition) is 0. The first-order valence-corrected chi connectivity index (χ1v) is 4.39. The second-order valence-corrected chi connectivity index (χ2v) is 3.04. The molecule has 0 bridgehead atoms. The quantitative estimate of drug-likeness (QED) is 0.471. The van der Waals surface area contributed by atoms with Crippen molar-refractivity contribution >= 4 is 11.6 Å². The van der Waals surface area contributed by atoms with E-state index in [0.717, 1.165) is 38.4 Å². The summed E-state index contributed by atoms with van der Waals surface area (Å²) >= 11 is 5.61. The second-order valence-electron chi connectivity index (χ2n) is 2.77. The van der Waals surface area contributed by atoms with Gasteiger partial charge in [-0.25, -0.2) is 0 Å². The van der Waals surface area contributed by atoms with Crippen LogP contribution in [0.1, 0.15) is 0 Å². The van der Waals surface area contributed by atoms with Crippen molar-refractivity contribution in [1.29, 1.82) is 0 Å². The van der Waals surface area contributed by atoms with E-state index in [4.69, 9.17) is 16.3 Å². The van der Waals surface area contributed by atoms with Gasteiger partial charge in [0, 0.05) is 25.5 Å². The van der Waals surface area contributed by atoms with Gasteiger partial charge in [-0.15, -0.1) is 11.6 Å². The Labute approximate surface area is 72.8 Å². The molecule has 0 saturated carbocycles. The molecular formula is C8H14ClNO. The predicted molar refractivity (Wildman–Crippen MR) is 47.1 cm³/mol. The number of alkyl halides is 1. The summed E-state index contributed by atoms with van der Waals surface area (Å²) in [6.07, 6.45) is 0. The number of ether oxygens (including phenoxy) is 1. The predicted octanol–water partition coefficient (Wildman–Crippen LogP) is 1.11. The molecule has 1 heterocycles. The molecule has 0 atom stereocenters. The first-order chi connectivity index (χ1) is 5.33. The molecule has 2 nitrogen and oxygen atoms in total. The number of morpholine rings is 1. The lowest BCUT2D eigenvalue weighted by atomic mass is 10.3. The molecule has 0 N–H and O–H groups in total. The average Bonchev–Trinajstić information content (AvgIpc) is 2.06. The molecule has 3 heteroatoms. The lowest BCUT2D eigenvalue weighted by molar-refractivity contribution is 0.0424. The molecule has 64 valence electrons. The Kier molecular flexibility index (Phi) is 3.91. The highest BCUT2D eigenvalue weighted by Crippen LogP contribution is 2.02. The Morgan fingerprint density at radius 2 is 2.09 bits per heavy atom. The van der Waals surface area contributed by atoms with Crippen LogP contribution in [0.15, 0.2) is 12.2 Å². The summed E-state index contributed by atoms with van der Waals surface area (Å²) in [5.41, 5.74) is 1.09. The fourth-order valence-electron chi connectivity index (χ4n) is 1.12. The Bertz CT molecular complexity index is 132. The van der Waals surface area contributed by atoms with Crippen molar-refractivity contribution in [2.24, 2.45) is 0 Å². The summed E-state index contributed by atoms with van der Waals surface area (Å²) in [6.45, 7) is 8.48. The van der Waals surface area contributed by atoms with Gasteiger partial charge in [-0.3, -0.25) is 4.90 Å². The maximum absolute atomic E-state index is 5.61. The lowest BCUT2D eigenvalue weighted by Crippen LogP contribution is -2.37. The SMILES string of the molecule is C=C(CCl)CN1CCOCC1. The Morgan fingerprint density at radius 1 is 1.45 bits per heavy atom. The average molecular weight is 176 g/mol. The monoisotopic (exact) mass is 175 g/mol. The van der Waals surface area contributed by atoms with Crippen LogP contribution in [0.4, 0.5) is 0 Å². The molecule has 0 radical (unpaired) electrons. The molecule has 11 heavy (non-hydrogen) atoms. The maximum atomic E-state index is 5.61. The highest BCUT2D eigenvalue weighted by Gasteiger charge is 2.09. The van der Waals surface area contributed by atoms with E-state index in [1.54, 1.807) is 0 Å². The minimum absolute atomic E-state index is 0.567. The molecule has 1 aliphatic heterocycles. The van der Waals surface area contributed by atoms with Crippen molar-refractivity contribution in [3.8, 4) is 0 Å². The van der Waals surface area contributed by atoms with Crippen LogP contribution in [0.25, 0.3) is 0 Å². The molecule has 0 spiro atoms. The molecule has 0 aromatic carbocycles. The molecule has 1 saturated heterocycles. The highest BCUT2D eigenvalue weighted by atomic mass is 35.5. The van der Waals surface area contributed by atoms with E-state index in [1.165, 1.54) is 0 Å². The summed E-state index contributed by atoms with van der Waals surface area (Å²) in [5.74, 6) is 0.567. The topological polar surface area (TPSA) is 12.5 Å². The molecule has 0 amide bonds. The third-order valence-electron chi connectivity index (χ3n) is 1.74. The van der Waals surface area contributed by atoms with Gasteiger partial charge < -0.3 is 4.74 Å². The largest absolute Gasteiger partial charge is 0.379 e. The van der Waals surface area contributed by atoms with Crippen molar-refractivity contribution in [1.82, 2.24) is 4.90 Å². The van der Waals surface area contributed by atoms with Crippen molar-refractivity contribution in [3.05, 3.63) is 12.2 Å². The first-order valence-electron chi connectivity index (χ1n) is 3.85. The summed E-state index contributed by atoms with van der Waals surface area (Å²) in [7, 11) is 0. The molecule has 0 unspecified atom stereocenters. The number of nitrogens with zero attached hydrogens (tertiary/aromatic N) is 1. The van der Waals surface area contributed by atoms with Crippen molar-refractivity contribution < 1.29 is 4.74 Å². The second kappa shape index (κ2) is 4.75. The zero-order chi connectivity index (χ0) is 8.10. The van der Waals surface area contributed by atoms with Crippen LogP contribution in [-0.4, -0.2) is 43.6 Å². The fraction of sp³-hybridized carbons (Fsp3) is 0.750. The Morgan fingerprint density at radius 3 is 2.64 bits per heavy atom. The van der Waals surface area contributed by atoms with Gasteiger partial charge in [0.25, 0.3) is 0 Å². The Balaban J connectivity index is 2.19. The Hall–Kier alpha value is -0.0500. The van der Waals surface area contributed by atoms with Gasteiger partial charge in [0.15, 0.2) is 0 Å². The molecule has 1 aliphatic rings. The van der Waals surface area contributed by atoms with Crippen molar-refractivity contribution in [2.45, 2.75) is 0 Å². The minimum atomic E-state index is 0.567. The van der Waals surface area contributed by atoms with Gasteiger partial charge >= 0.3 is 0 Å². The molecule has 0 aliphatic carbocycles. The van der Waals surface area contributed by atoms with Crippen LogP contribution in [0.5, 0.6) is 0 Å². The van der Waals surface area contributed by atoms with E-state index in [1.807, 2.05) is 0 Å². The van der Waals surface area contributed by atoms with E-state index in [0.29, 0.717) is 5.88 Å². The zero-order valence-electron chi connectivity index (χ0n) is 6.68. The third-order valence-corrected chi connectivity index (χ3v) is 2.12. The maximum Gasteiger partial charge on any atom is 0.0594 e. The fourth-order valence-corrected chi connectivity index (χ4v) is 1.20. The highest BCUT2D eigenvalue weighted by molar-refractivity contribution is 6.19. The van der Waals surface area contributed by atoms with E-state index in [2.05, 4.69) is 11.5 Å². The van der Waals surface area contributed by atoms with Gasteiger partial charge in [-0.2, -0.15) is 0 Å². The van der Waals surface area contributed by atoms with Crippen molar-refractivity contribution in [2.75, 3.05) is 38.7 Å². The van der Waals surface area contributed by atoms with Gasteiger partial charge in [0.1, 0.15) is 0 Å². The number of hydrogen-bond acceptors (Lipinski definition) is 2. The van der Waals surface area contributed by atoms with Crippen LogP contribution in [0.2, 0.25) is 0 Å². The van der Waals surface area contributed by atoms with Gasteiger partial charge in [0.2, 0.25) is 0 Å². The van der Waals surface area contributed by atoms with Crippen LogP contribution in [0.3, 0.4) is 0 Å². The van der Waals surface area contributed by atoms with E-state index in [9.17, 15) is 0 Å². The number of rotatable bonds is 3. The lowest BCUT2D eigenvalue weighted by Gasteiger charge is -2.26. The summed E-state index contributed by atoms with van der Waals surface area (Å²) in [6, 6.07) is 0. The van der Waals surface area contributed by atoms with Crippen LogP contribution >= 0.6 is 11.6 Å². The zero-order valence-corrected chi connectivity index (χ0v) is 7.44. The molecule has 1 rings (SSSR count). The van der Waals surface area contributed by atoms with Gasteiger partial charge in [-0.1, -0.05) is 6.58 Å². The number of halogens is 1. The minimum Gasteiger partial charge on any atom is -0.379 e. The first kappa shape index (κ1) is 9.04. The van der Waals surface area contributed by atoms with Crippen molar-refractivity contribution in [3.63, 3.8) is 0 Å². The smallest absolute Gasteiger partial charge is 0.0594 e. The van der Waals surface area contributed by atoms with Crippen LogP contribution < -0.4 is 0 Å². The van der Waals surface area contributed by atoms with Gasteiger partial charge in [-0.05, 0) is 5.57 Å². The molecule has 0 aromatic heterocycles. The van der Waals surface area contributed by atoms with E-state index in [-0.39, 0.29) is 0 Å². The molecular weight excluding hydrogens is 162 g/mol. The van der Waals surface area contributed by atoms with E-state index < -0.39 is 0 Å². The normalized spacial score (nSPS) is 20.1. The molecule has 1 fully saturated rings. The van der Waals surface area contributed by atoms with Crippen LogP contribution in [0, 0.1) is 0 Å². The van der Waals surface area contributed by atoms with Crippen LogP contribution in [-0.2, 0) is 4.74 Å². The van der Waals surface area contributed by atoms with Gasteiger partial charge in [0.05, 0.1) is 13.2 Å². The standard InChI is InChI=1S/C8H14ClNO/c1-8(6-9)7-10-2-4-11-5-3-10/h1-7H2. The third kappa shape index (κ3) is 3.23. The summed E-state index contributed by atoms with van der Waals surface area (Å²) < 4.78 is 5.21.